The largest absolute Gasteiger partial charge is 0.372 e. The number of ether oxygens (including phenoxy) is 1. The van der Waals surface area contributed by atoms with E-state index in [1.165, 1.54) is 0 Å². The minimum atomic E-state index is 0.509. The second kappa shape index (κ2) is 6.56. The highest BCUT2D eigenvalue weighted by Crippen LogP contribution is 2.02. The molecule has 0 radical (unpaired) electrons. The van der Waals surface area contributed by atoms with Crippen molar-refractivity contribution in [1.82, 2.24) is 10.5 Å². The summed E-state index contributed by atoms with van der Waals surface area (Å²) in [6, 6.07) is 1.89. The molecule has 0 spiro atoms. The Labute approximate surface area is 84.6 Å². The molecule has 0 aromatic carbocycles. The van der Waals surface area contributed by atoms with Gasteiger partial charge in [-0.25, -0.2) is 0 Å². The molecular weight excluding hydrogens is 180 g/mol. The minimum Gasteiger partial charge on any atom is -0.372 e. The molecule has 1 N–H and O–H groups in total. The molecule has 0 saturated carbocycles. The van der Waals surface area contributed by atoms with Gasteiger partial charge in [0.25, 0.3) is 0 Å². The topological polar surface area (TPSA) is 47.3 Å². The number of aryl methyl sites for hydroxylation is 1. The van der Waals surface area contributed by atoms with E-state index in [1.54, 1.807) is 0 Å². The van der Waals surface area contributed by atoms with E-state index >= 15 is 0 Å². The van der Waals surface area contributed by atoms with E-state index in [0.29, 0.717) is 13.2 Å². The number of nitrogens with one attached hydrogen (secondary N) is 1. The maximum absolute atomic E-state index is 5.38. The van der Waals surface area contributed by atoms with Crippen LogP contribution in [0, 0.1) is 6.92 Å². The first kappa shape index (κ1) is 11.2. The van der Waals surface area contributed by atoms with Crippen LogP contribution < -0.4 is 5.32 Å². The van der Waals surface area contributed by atoms with Gasteiger partial charge in [-0.3, -0.25) is 0 Å². The molecule has 1 heterocycles. The smallest absolute Gasteiger partial charge is 0.162 e. The molecule has 0 fully saturated rings. The number of hydrogen-bond acceptors (Lipinski definition) is 4. The fourth-order valence-corrected chi connectivity index (χ4v) is 1.10. The van der Waals surface area contributed by atoms with Crippen molar-refractivity contribution in [2.24, 2.45) is 0 Å². The highest BCUT2D eigenvalue weighted by molar-refractivity contribution is 5.01. The Morgan fingerprint density at radius 1 is 1.50 bits per heavy atom. The highest BCUT2D eigenvalue weighted by Gasteiger charge is 1.99. The SMILES string of the molecule is CCCNCCOCc1cc(C)no1. The van der Waals surface area contributed by atoms with Crippen molar-refractivity contribution in [2.75, 3.05) is 19.7 Å². The van der Waals surface area contributed by atoms with E-state index in [2.05, 4.69) is 17.4 Å². The molecule has 0 aliphatic rings. The standard InChI is InChI=1S/C10H18N2O2/c1-3-4-11-5-6-13-8-10-7-9(2)12-14-10/h7,11H,3-6,8H2,1-2H3. The van der Waals surface area contributed by atoms with Crippen LogP contribution in [0.15, 0.2) is 10.6 Å². The van der Waals surface area contributed by atoms with Gasteiger partial charge in [0.2, 0.25) is 0 Å². The second-order valence-electron chi connectivity index (χ2n) is 3.24. The van der Waals surface area contributed by atoms with Crippen LogP contribution in [0.2, 0.25) is 0 Å². The predicted octanol–water partition coefficient (Wildman–Crippen LogP) is 1.50. The van der Waals surface area contributed by atoms with Gasteiger partial charge in [-0.15, -0.1) is 0 Å². The lowest BCUT2D eigenvalue weighted by molar-refractivity contribution is 0.103. The van der Waals surface area contributed by atoms with Gasteiger partial charge in [-0.2, -0.15) is 0 Å². The van der Waals surface area contributed by atoms with Gasteiger partial charge in [0.05, 0.1) is 12.3 Å². The molecule has 0 unspecified atom stereocenters. The number of rotatable bonds is 7. The van der Waals surface area contributed by atoms with Crippen molar-refractivity contribution >= 4 is 0 Å². The molecule has 1 rings (SSSR count). The van der Waals surface area contributed by atoms with E-state index in [4.69, 9.17) is 9.26 Å². The normalized spacial score (nSPS) is 10.7. The average Bonchev–Trinajstić information content (AvgIpc) is 2.58. The summed E-state index contributed by atoms with van der Waals surface area (Å²) in [6.45, 7) is 7.20. The highest BCUT2D eigenvalue weighted by atomic mass is 16.5. The van der Waals surface area contributed by atoms with Crippen LogP contribution in [0.3, 0.4) is 0 Å². The molecule has 0 atom stereocenters. The van der Waals surface area contributed by atoms with E-state index in [-0.39, 0.29) is 0 Å². The third-order valence-electron chi connectivity index (χ3n) is 1.77. The van der Waals surface area contributed by atoms with Crippen molar-refractivity contribution < 1.29 is 9.26 Å². The number of nitrogens with zero attached hydrogens (tertiary/aromatic N) is 1. The van der Waals surface area contributed by atoms with Crippen LogP contribution in [-0.2, 0) is 11.3 Å². The van der Waals surface area contributed by atoms with Crippen LogP contribution in [0.1, 0.15) is 24.8 Å². The van der Waals surface area contributed by atoms with Gasteiger partial charge in [0, 0.05) is 12.6 Å². The summed E-state index contributed by atoms with van der Waals surface area (Å²) < 4.78 is 10.4. The molecule has 80 valence electrons. The van der Waals surface area contributed by atoms with E-state index < -0.39 is 0 Å². The Bertz CT molecular complexity index is 248. The van der Waals surface area contributed by atoms with Crippen LogP contribution in [0.4, 0.5) is 0 Å². The van der Waals surface area contributed by atoms with Crippen LogP contribution in [-0.4, -0.2) is 24.9 Å². The number of hydrogen-bond donors (Lipinski definition) is 1. The van der Waals surface area contributed by atoms with Gasteiger partial charge >= 0.3 is 0 Å². The van der Waals surface area contributed by atoms with Crippen molar-refractivity contribution in [3.05, 3.63) is 17.5 Å². The summed E-state index contributed by atoms with van der Waals surface area (Å²) in [7, 11) is 0. The van der Waals surface area contributed by atoms with Gasteiger partial charge in [-0.05, 0) is 19.9 Å². The van der Waals surface area contributed by atoms with Crippen LogP contribution >= 0.6 is 0 Å². The summed E-state index contributed by atoms with van der Waals surface area (Å²) in [5.74, 6) is 0.790. The summed E-state index contributed by atoms with van der Waals surface area (Å²) >= 11 is 0. The lowest BCUT2D eigenvalue weighted by Crippen LogP contribution is -2.20. The molecule has 1 aromatic rings. The van der Waals surface area contributed by atoms with Gasteiger partial charge in [0.15, 0.2) is 5.76 Å². The molecule has 0 aliphatic heterocycles. The molecule has 0 aliphatic carbocycles. The van der Waals surface area contributed by atoms with Crippen LogP contribution in [0.25, 0.3) is 0 Å². The quantitative estimate of drug-likeness (QED) is 0.674. The zero-order chi connectivity index (χ0) is 10.2. The Kier molecular flexibility index (Phi) is 5.25. The van der Waals surface area contributed by atoms with Gasteiger partial charge in [0.1, 0.15) is 6.61 Å². The average molecular weight is 198 g/mol. The summed E-state index contributed by atoms with van der Waals surface area (Å²) in [4.78, 5) is 0. The molecule has 14 heavy (non-hydrogen) atoms. The zero-order valence-corrected chi connectivity index (χ0v) is 8.88. The fraction of sp³-hybridized carbons (Fsp3) is 0.700. The van der Waals surface area contributed by atoms with Crippen molar-refractivity contribution in [1.29, 1.82) is 0 Å². The first-order valence-corrected chi connectivity index (χ1v) is 5.03. The fourth-order valence-electron chi connectivity index (χ4n) is 1.10. The monoisotopic (exact) mass is 198 g/mol. The summed E-state index contributed by atoms with van der Waals surface area (Å²) in [6.07, 6.45) is 1.15. The number of aromatic nitrogens is 1. The van der Waals surface area contributed by atoms with E-state index in [9.17, 15) is 0 Å². The van der Waals surface area contributed by atoms with Crippen molar-refractivity contribution in [2.45, 2.75) is 26.9 Å². The first-order valence-electron chi connectivity index (χ1n) is 5.03. The Morgan fingerprint density at radius 2 is 2.36 bits per heavy atom. The minimum absolute atomic E-state index is 0.509. The summed E-state index contributed by atoms with van der Waals surface area (Å²) in [5, 5.41) is 7.03. The van der Waals surface area contributed by atoms with Gasteiger partial charge < -0.3 is 14.6 Å². The van der Waals surface area contributed by atoms with E-state index in [0.717, 1.165) is 31.0 Å². The van der Waals surface area contributed by atoms with E-state index in [1.807, 2.05) is 13.0 Å². The molecule has 4 nitrogen and oxygen atoms in total. The Morgan fingerprint density at radius 3 is 3.00 bits per heavy atom. The summed E-state index contributed by atoms with van der Waals surface area (Å²) in [5.41, 5.74) is 0.896. The third-order valence-corrected chi connectivity index (χ3v) is 1.77. The molecule has 0 amide bonds. The lowest BCUT2D eigenvalue weighted by atomic mass is 10.4. The third kappa shape index (κ3) is 4.39. The molecule has 4 heteroatoms. The Hall–Kier alpha value is -0.870. The second-order valence-corrected chi connectivity index (χ2v) is 3.24. The molecule has 0 saturated heterocycles. The maximum atomic E-state index is 5.38. The Balaban J connectivity index is 1.99. The maximum Gasteiger partial charge on any atom is 0.162 e. The van der Waals surface area contributed by atoms with Crippen LogP contribution in [0.5, 0.6) is 0 Å². The van der Waals surface area contributed by atoms with Gasteiger partial charge in [-0.1, -0.05) is 12.1 Å². The van der Waals surface area contributed by atoms with Crippen molar-refractivity contribution in [3.63, 3.8) is 0 Å². The molecule has 1 aromatic heterocycles. The molecular formula is C10H18N2O2. The molecule has 0 bridgehead atoms. The lowest BCUT2D eigenvalue weighted by Gasteiger charge is -2.02. The first-order chi connectivity index (χ1) is 6.83. The zero-order valence-electron chi connectivity index (χ0n) is 8.88. The van der Waals surface area contributed by atoms with Crippen molar-refractivity contribution in [3.8, 4) is 0 Å². The predicted molar refractivity (Wildman–Crippen MR) is 54.1 cm³/mol.